The van der Waals surface area contributed by atoms with Gasteiger partial charge in [0.05, 0.1) is 29.7 Å². The van der Waals surface area contributed by atoms with Gasteiger partial charge in [-0.3, -0.25) is 10.1 Å². The van der Waals surface area contributed by atoms with Crippen LogP contribution in [0.2, 0.25) is 5.02 Å². The summed E-state index contributed by atoms with van der Waals surface area (Å²) in [6, 6.07) is 4.32. The molecule has 1 saturated heterocycles. The summed E-state index contributed by atoms with van der Waals surface area (Å²) in [5, 5.41) is 10.9. The highest BCUT2D eigenvalue weighted by Crippen LogP contribution is 2.23. The summed E-state index contributed by atoms with van der Waals surface area (Å²) < 4.78 is 5.23. The van der Waals surface area contributed by atoms with Crippen LogP contribution >= 0.6 is 11.6 Å². The van der Waals surface area contributed by atoms with Gasteiger partial charge in [0.1, 0.15) is 0 Å². The fraction of sp³-hybridized carbons (Fsp3) is 0.417. The Bertz CT molecular complexity index is 529. The maximum atomic E-state index is 10.6. The molecule has 0 aromatic heterocycles. The van der Waals surface area contributed by atoms with Gasteiger partial charge in [0, 0.05) is 25.2 Å². The van der Waals surface area contributed by atoms with Crippen LogP contribution in [0, 0.1) is 10.1 Å². The third-order valence-corrected chi connectivity index (χ3v) is 3.35. The van der Waals surface area contributed by atoms with Gasteiger partial charge in [0.2, 0.25) is 0 Å². The maximum absolute atomic E-state index is 10.6. The lowest BCUT2D eigenvalue weighted by Crippen LogP contribution is -2.44. The molecule has 108 valence electrons. The molecule has 2 rings (SSSR count). The Morgan fingerprint density at radius 1 is 1.50 bits per heavy atom. The molecule has 2 N–H and O–H groups in total. The number of rotatable bonds is 3. The zero-order chi connectivity index (χ0) is 14.5. The van der Waals surface area contributed by atoms with Gasteiger partial charge >= 0.3 is 0 Å². The molecule has 1 heterocycles. The monoisotopic (exact) mass is 298 g/mol. The van der Waals surface area contributed by atoms with Crippen molar-refractivity contribution in [3.8, 4) is 0 Å². The highest BCUT2D eigenvalue weighted by atomic mass is 35.5. The first-order valence-corrected chi connectivity index (χ1v) is 6.51. The summed E-state index contributed by atoms with van der Waals surface area (Å²) in [6.07, 6.45) is 0. The molecule has 0 aliphatic carbocycles. The molecule has 1 aromatic rings. The molecule has 0 atom stereocenters. The molecule has 0 bridgehead atoms. The number of hydrogen-bond donors (Lipinski definition) is 1. The predicted molar refractivity (Wildman–Crippen MR) is 75.8 cm³/mol. The van der Waals surface area contributed by atoms with Crippen molar-refractivity contribution >= 4 is 23.2 Å². The Morgan fingerprint density at radius 3 is 2.80 bits per heavy atom. The number of nitro benzene ring substituents is 1. The zero-order valence-electron chi connectivity index (χ0n) is 10.8. The molecule has 0 radical (unpaired) electrons. The Hall–Kier alpha value is -1.86. The molecule has 1 aromatic carbocycles. The Morgan fingerprint density at radius 2 is 2.20 bits per heavy atom. The number of non-ortho nitro benzene ring substituents is 1. The van der Waals surface area contributed by atoms with E-state index in [1.54, 1.807) is 6.07 Å². The van der Waals surface area contributed by atoms with Crippen LogP contribution in [0.4, 0.5) is 5.69 Å². The number of nitro groups is 1. The second kappa shape index (κ2) is 6.53. The van der Waals surface area contributed by atoms with Crippen LogP contribution in [0.1, 0.15) is 5.56 Å². The predicted octanol–water partition coefficient (Wildman–Crippen LogP) is 1.40. The summed E-state index contributed by atoms with van der Waals surface area (Å²) in [6.45, 7) is 2.98. The number of hydrogen-bond acceptors (Lipinski definition) is 4. The van der Waals surface area contributed by atoms with Crippen molar-refractivity contribution in [2.75, 3.05) is 26.3 Å². The van der Waals surface area contributed by atoms with Crippen LogP contribution in [0.3, 0.4) is 0 Å². The molecule has 1 aliphatic heterocycles. The van der Waals surface area contributed by atoms with Gasteiger partial charge in [-0.2, -0.15) is 0 Å². The van der Waals surface area contributed by atoms with E-state index in [0.29, 0.717) is 49.4 Å². The van der Waals surface area contributed by atoms with Gasteiger partial charge in [-0.05, 0) is 11.6 Å². The van der Waals surface area contributed by atoms with Gasteiger partial charge in [-0.15, -0.1) is 0 Å². The fourth-order valence-corrected chi connectivity index (χ4v) is 2.07. The van der Waals surface area contributed by atoms with Crippen molar-refractivity contribution in [1.82, 2.24) is 4.90 Å². The van der Waals surface area contributed by atoms with Crippen molar-refractivity contribution in [3.05, 3.63) is 38.9 Å². The van der Waals surface area contributed by atoms with Crippen molar-refractivity contribution in [3.63, 3.8) is 0 Å². The fourth-order valence-electron chi connectivity index (χ4n) is 1.84. The van der Waals surface area contributed by atoms with Crippen molar-refractivity contribution < 1.29 is 9.66 Å². The van der Waals surface area contributed by atoms with E-state index in [1.807, 2.05) is 4.90 Å². The highest BCUT2D eigenvalue weighted by molar-refractivity contribution is 6.31. The largest absolute Gasteiger partial charge is 0.378 e. The van der Waals surface area contributed by atoms with Crippen LogP contribution in [-0.2, 0) is 11.3 Å². The molecule has 0 amide bonds. The minimum atomic E-state index is -0.485. The van der Waals surface area contributed by atoms with E-state index >= 15 is 0 Å². The minimum absolute atomic E-state index is 0.0381. The quantitative estimate of drug-likeness (QED) is 0.394. The van der Waals surface area contributed by atoms with Crippen molar-refractivity contribution in [2.45, 2.75) is 6.54 Å². The standard InChI is InChI=1S/C12H15ClN4O3/c13-11-7-10(17(18)19)2-1-9(11)8-15-12(14)16-3-5-20-6-4-16/h1-2,7H,3-6,8H2,(H2,14,15). The van der Waals surface area contributed by atoms with E-state index in [1.165, 1.54) is 12.1 Å². The highest BCUT2D eigenvalue weighted by Gasteiger charge is 2.13. The van der Waals surface area contributed by atoms with Gasteiger partial charge in [0.15, 0.2) is 5.96 Å². The molecule has 1 fully saturated rings. The molecule has 0 spiro atoms. The van der Waals surface area contributed by atoms with Gasteiger partial charge < -0.3 is 15.4 Å². The Kier molecular flexibility index (Phi) is 4.75. The number of aliphatic imine (C=N–C) groups is 1. The van der Waals surface area contributed by atoms with Crippen molar-refractivity contribution in [2.24, 2.45) is 10.7 Å². The normalized spacial score (nSPS) is 16.2. The molecule has 0 saturated carbocycles. The van der Waals surface area contributed by atoms with E-state index in [9.17, 15) is 10.1 Å². The first-order chi connectivity index (χ1) is 9.58. The van der Waals surface area contributed by atoms with E-state index in [2.05, 4.69) is 4.99 Å². The summed E-state index contributed by atoms with van der Waals surface area (Å²) in [5.41, 5.74) is 6.56. The molecular weight excluding hydrogens is 284 g/mol. The average molecular weight is 299 g/mol. The average Bonchev–Trinajstić information content (AvgIpc) is 2.46. The van der Waals surface area contributed by atoms with Crippen LogP contribution in [0.25, 0.3) is 0 Å². The minimum Gasteiger partial charge on any atom is -0.378 e. The Labute approximate surface area is 121 Å². The van der Waals surface area contributed by atoms with E-state index < -0.39 is 4.92 Å². The van der Waals surface area contributed by atoms with Crippen LogP contribution in [0.5, 0.6) is 0 Å². The third-order valence-electron chi connectivity index (χ3n) is 2.99. The lowest BCUT2D eigenvalue weighted by Gasteiger charge is -2.27. The molecule has 7 nitrogen and oxygen atoms in total. The number of nitrogens with two attached hydrogens (primary N) is 1. The number of benzene rings is 1. The summed E-state index contributed by atoms with van der Waals surface area (Å²) in [5.74, 6) is 0.433. The number of ether oxygens (including phenoxy) is 1. The third kappa shape index (κ3) is 3.58. The van der Waals surface area contributed by atoms with E-state index in [4.69, 9.17) is 22.1 Å². The van der Waals surface area contributed by atoms with Crippen LogP contribution in [-0.4, -0.2) is 42.1 Å². The number of guanidine groups is 1. The second-order valence-electron chi connectivity index (χ2n) is 4.31. The summed E-state index contributed by atoms with van der Waals surface area (Å²) in [4.78, 5) is 16.3. The smallest absolute Gasteiger partial charge is 0.270 e. The van der Waals surface area contributed by atoms with Gasteiger partial charge in [-0.1, -0.05) is 11.6 Å². The molecule has 20 heavy (non-hydrogen) atoms. The Balaban J connectivity index is 2.04. The topological polar surface area (TPSA) is 94.0 Å². The lowest BCUT2D eigenvalue weighted by molar-refractivity contribution is -0.384. The molecular formula is C12H15ClN4O3. The maximum Gasteiger partial charge on any atom is 0.270 e. The van der Waals surface area contributed by atoms with E-state index in [-0.39, 0.29) is 5.69 Å². The number of morpholine rings is 1. The first-order valence-electron chi connectivity index (χ1n) is 6.13. The number of nitrogens with zero attached hydrogens (tertiary/aromatic N) is 3. The van der Waals surface area contributed by atoms with Crippen LogP contribution < -0.4 is 5.73 Å². The van der Waals surface area contributed by atoms with Gasteiger partial charge in [0.25, 0.3) is 5.69 Å². The molecule has 0 unspecified atom stereocenters. The zero-order valence-corrected chi connectivity index (χ0v) is 11.5. The number of halogens is 1. The summed E-state index contributed by atoms with van der Waals surface area (Å²) in [7, 11) is 0. The van der Waals surface area contributed by atoms with Crippen molar-refractivity contribution in [1.29, 1.82) is 0 Å². The SMILES string of the molecule is NC(=NCc1ccc([N+](=O)[O-])cc1Cl)N1CCOCC1. The summed E-state index contributed by atoms with van der Waals surface area (Å²) >= 11 is 5.99. The van der Waals surface area contributed by atoms with Gasteiger partial charge in [-0.25, -0.2) is 4.99 Å². The van der Waals surface area contributed by atoms with E-state index in [0.717, 1.165) is 0 Å². The molecule has 8 heteroatoms. The molecule has 1 aliphatic rings. The van der Waals surface area contributed by atoms with Crippen LogP contribution in [0.15, 0.2) is 23.2 Å². The second-order valence-corrected chi connectivity index (χ2v) is 4.71. The lowest BCUT2D eigenvalue weighted by atomic mass is 10.2. The first kappa shape index (κ1) is 14.5.